The monoisotopic (exact) mass is 491 g/mol. The number of carbonyl (C=O) groups is 1. The fourth-order valence-corrected chi connectivity index (χ4v) is 5.84. The number of rotatable bonds is 6. The van der Waals surface area contributed by atoms with Crippen LogP contribution in [0.3, 0.4) is 0 Å². The summed E-state index contributed by atoms with van der Waals surface area (Å²) in [7, 11) is -3.70. The van der Waals surface area contributed by atoms with Gasteiger partial charge in [0.15, 0.2) is 5.84 Å². The molecule has 2 aromatic carbocycles. The average Bonchev–Trinajstić information content (AvgIpc) is 3.54. The van der Waals surface area contributed by atoms with Crippen LogP contribution >= 0.6 is 11.3 Å². The van der Waals surface area contributed by atoms with Crippen molar-refractivity contribution in [3.63, 3.8) is 0 Å². The topological polar surface area (TPSA) is 92.0 Å². The predicted octanol–water partition coefficient (Wildman–Crippen LogP) is 5.05. The van der Waals surface area contributed by atoms with Gasteiger partial charge in [0.1, 0.15) is 10.7 Å². The largest absolute Gasteiger partial charge is 0.467 e. The second-order valence-corrected chi connectivity index (χ2v) is 10.8. The molecule has 0 saturated carbocycles. The lowest BCUT2D eigenvalue weighted by Gasteiger charge is -2.21. The molecule has 1 N–H and O–H groups in total. The number of anilines is 1. The van der Waals surface area contributed by atoms with Gasteiger partial charge >= 0.3 is 0 Å². The molecule has 0 saturated heterocycles. The van der Waals surface area contributed by atoms with Gasteiger partial charge in [-0.3, -0.25) is 4.79 Å². The van der Waals surface area contributed by atoms with Crippen molar-refractivity contribution in [1.82, 2.24) is 4.90 Å². The Balaban J connectivity index is 1.35. The van der Waals surface area contributed by atoms with Crippen LogP contribution < -0.4 is 5.32 Å². The van der Waals surface area contributed by atoms with Gasteiger partial charge in [-0.25, -0.2) is 0 Å². The molecule has 0 spiro atoms. The summed E-state index contributed by atoms with van der Waals surface area (Å²) in [6.45, 7) is 2.87. The smallest absolute Gasteiger partial charge is 0.285 e. The molecule has 172 valence electrons. The number of fused-ring (bicyclic) bond motifs is 1. The lowest BCUT2D eigenvalue weighted by molar-refractivity contribution is 0.0719. The fourth-order valence-electron chi connectivity index (χ4n) is 3.76. The number of thiophene rings is 1. The molecule has 34 heavy (non-hydrogen) atoms. The van der Waals surface area contributed by atoms with E-state index in [-0.39, 0.29) is 16.6 Å². The van der Waals surface area contributed by atoms with E-state index in [0.29, 0.717) is 35.7 Å². The first-order valence-electron chi connectivity index (χ1n) is 10.6. The number of carbonyl (C=O) groups excluding carboxylic acids is 1. The summed E-state index contributed by atoms with van der Waals surface area (Å²) in [6.07, 6.45) is 1.60. The lowest BCUT2D eigenvalue weighted by Crippen LogP contribution is -2.29. The van der Waals surface area contributed by atoms with Crippen LogP contribution in [0.15, 0.2) is 92.8 Å². The van der Waals surface area contributed by atoms with Gasteiger partial charge in [0.25, 0.3) is 15.9 Å². The number of sulfonamides is 1. The van der Waals surface area contributed by atoms with E-state index in [1.54, 1.807) is 71.0 Å². The van der Waals surface area contributed by atoms with Gasteiger partial charge < -0.3 is 14.6 Å². The van der Waals surface area contributed by atoms with Gasteiger partial charge in [0, 0.05) is 26.6 Å². The molecule has 0 fully saturated rings. The van der Waals surface area contributed by atoms with E-state index in [2.05, 4.69) is 9.71 Å². The quantitative estimate of drug-likeness (QED) is 0.407. The molecule has 0 aliphatic carbocycles. The first-order valence-corrected chi connectivity index (χ1v) is 12.8. The maximum atomic E-state index is 13.4. The summed E-state index contributed by atoms with van der Waals surface area (Å²) in [6, 6.07) is 21.3. The van der Waals surface area contributed by atoms with Crippen molar-refractivity contribution in [3.05, 3.63) is 106 Å². The van der Waals surface area contributed by atoms with Crippen LogP contribution in [0.25, 0.3) is 0 Å². The third-order valence-electron chi connectivity index (χ3n) is 5.38. The summed E-state index contributed by atoms with van der Waals surface area (Å²) in [5, 5.41) is 3.06. The van der Waals surface area contributed by atoms with Crippen LogP contribution in [-0.2, 0) is 23.1 Å². The number of amidine groups is 1. The molecule has 2 aromatic heterocycles. The summed E-state index contributed by atoms with van der Waals surface area (Å²) in [4.78, 5) is 17.6. The van der Waals surface area contributed by atoms with Gasteiger partial charge in [0.05, 0.1) is 19.4 Å². The average molecular weight is 492 g/mol. The van der Waals surface area contributed by atoms with Gasteiger partial charge in [-0.15, -0.1) is 15.7 Å². The Hall–Kier alpha value is -3.69. The maximum absolute atomic E-state index is 13.4. The Bertz CT molecular complexity index is 1470. The second-order valence-electron chi connectivity index (χ2n) is 7.87. The molecule has 1 aliphatic heterocycles. The lowest BCUT2D eigenvalue weighted by atomic mass is 10.1. The second kappa shape index (κ2) is 8.92. The third kappa shape index (κ3) is 4.52. The minimum absolute atomic E-state index is 0.125. The number of nitrogens with one attached hydrogen (secondary N) is 1. The molecular formula is C25H21N3O4S2. The molecule has 1 aliphatic rings. The van der Waals surface area contributed by atoms with E-state index in [0.717, 1.165) is 4.88 Å². The van der Waals surface area contributed by atoms with Crippen LogP contribution in [0.5, 0.6) is 0 Å². The van der Waals surface area contributed by atoms with E-state index in [9.17, 15) is 13.2 Å². The maximum Gasteiger partial charge on any atom is 0.285 e. The highest BCUT2D eigenvalue weighted by Crippen LogP contribution is 2.27. The van der Waals surface area contributed by atoms with Crippen molar-refractivity contribution in [2.75, 3.05) is 5.32 Å². The SMILES string of the molecule is Cc1ccc(CN(Cc2ccco2)C(=O)c2ccc(NC3=NS(=O)(=O)c4ccccc43)cc2)s1. The molecule has 0 atom stereocenters. The molecule has 1 amide bonds. The molecule has 9 heteroatoms. The van der Waals surface area contributed by atoms with Crippen LogP contribution in [0.4, 0.5) is 5.69 Å². The standard InChI is InChI=1S/C25H21N3O4S2/c1-17-8-13-21(33-17)16-28(15-20-5-4-14-32-20)25(29)18-9-11-19(12-10-18)26-24-22-6-2-3-7-23(22)34(30,31)27-24/h2-14H,15-16H2,1H3,(H,26,27). The van der Waals surface area contributed by atoms with Crippen LogP contribution in [0, 0.1) is 6.92 Å². The van der Waals surface area contributed by atoms with Crippen molar-refractivity contribution >= 4 is 38.8 Å². The highest BCUT2D eigenvalue weighted by atomic mass is 32.2. The summed E-state index contributed by atoms with van der Waals surface area (Å²) in [5.74, 6) is 0.848. The number of hydrogen-bond donors (Lipinski definition) is 1. The Morgan fingerprint density at radius 1 is 1.00 bits per heavy atom. The summed E-state index contributed by atoms with van der Waals surface area (Å²) >= 11 is 1.66. The molecule has 0 radical (unpaired) electrons. The van der Waals surface area contributed by atoms with Crippen molar-refractivity contribution in [2.24, 2.45) is 4.40 Å². The third-order valence-corrected chi connectivity index (χ3v) is 7.70. The number of amides is 1. The number of nitrogens with zero attached hydrogens (tertiary/aromatic N) is 2. The van der Waals surface area contributed by atoms with Crippen LogP contribution in [0.2, 0.25) is 0 Å². The summed E-state index contributed by atoms with van der Waals surface area (Å²) < 4.78 is 33.9. The minimum Gasteiger partial charge on any atom is -0.467 e. The first-order chi connectivity index (χ1) is 16.4. The van der Waals surface area contributed by atoms with Gasteiger partial charge in [-0.2, -0.15) is 8.42 Å². The minimum atomic E-state index is -3.70. The zero-order valence-electron chi connectivity index (χ0n) is 18.3. The van der Waals surface area contributed by atoms with Crippen molar-refractivity contribution in [3.8, 4) is 0 Å². The number of furan rings is 1. The number of hydrogen-bond acceptors (Lipinski definition) is 6. The van der Waals surface area contributed by atoms with Gasteiger partial charge in [-0.05, 0) is 67.6 Å². The van der Waals surface area contributed by atoms with Crippen LogP contribution in [0.1, 0.15) is 31.4 Å². The summed E-state index contributed by atoms with van der Waals surface area (Å²) in [5.41, 5.74) is 1.68. The molecule has 5 rings (SSSR count). The van der Waals surface area contributed by atoms with Crippen LogP contribution in [-0.4, -0.2) is 25.1 Å². The Kier molecular flexibility index (Phi) is 5.80. The van der Waals surface area contributed by atoms with Gasteiger partial charge in [0.2, 0.25) is 0 Å². The van der Waals surface area contributed by atoms with E-state index < -0.39 is 10.0 Å². The van der Waals surface area contributed by atoms with Gasteiger partial charge in [-0.1, -0.05) is 12.1 Å². The highest BCUT2D eigenvalue weighted by molar-refractivity contribution is 7.90. The fraction of sp³-hybridized carbons (Fsp3) is 0.120. The number of aryl methyl sites for hydroxylation is 1. The predicted molar refractivity (Wildman–Crippen MR) is 132 cm³/mol. The van der Waals surface area contributed by atoms with E-state index >= 15 is 0 Å². The Morgan fingerprint density at radius 2 is 1.79 bits per heavy atom. The molecule has 0 bridgehead atoms. The highest BCUT2D eigenvalue weighted by Gasteiger charge is 2.28. The first kappa shape index (κ1) is 22.1. The molecule has 7 nitrogen and oxygen atoms in total. The normalized spacial score (nSPS) is 13.9. The Morgan fingerprint density at radius 3 is 2.50 bits per heavy atom. The Labute approximate surface area is 201 Å². The van der Waals surface area contributed by atoms with E-state index in [1.165, 1.54) is 10.9 Å². The molecular weight excluding hydrogens is 470 g/mol. The molecule has 4 aromatic rings. The molecule has 0 unspecified atom stereocenters. The van der Waals surface area contributed by atoms with E-state index in [4.69, 9.17) is 4.42 Å². The number of benzene rings is 2. The zero-order valence-corrected chi connectivity index (χ0v) is 19.9. The molecule has 3 heterocycles. The zero-order chi connectivity index (χ0) is 23.7. The van der Waals surface area contributed by atoms with E-state index in [1.807, 2.05) is 25.1 Å². The van der Waals surface area contributed by atoms with Crippen molar-refractivity contribution in [1.29, 1.82) is 0 Å². The van der Waals surface area contributed by atoms with Crippen molar-refractivity contribution < 1.29 is 17.6 Å². The van der Waals surface area contributed by atoms with Crippen molar-refractivity contribution in [2.45, 2.75) is 24.9 Å².